The number of nitrogens with zero attached hydrogens (tertiary/aromatic N) is 2. The lowest BCUT2D eigenvalue weighted by Gasteiger charge is -2.41. The molecule has 4 rings (SSSR count). The van der Waals surface area contributed by atoms with Crippen molar-refractivity contribution in [2.24, 2.45) is 0 Å². The summed E-state index contributed by atoms with van der Waals surface area (Å²) in [6.07, 6.45) is 12.4. The van der Waals surface area contributed by atoms with Gasteiger partial charge in [0, 0.05) is 12.1 Å². The number of fused-ring (bicyclic) bond motifs is 1. The molecule has 0 unspecified atom stereocenters. The highest BCUT2D eigenvalue weighted by molar-refractivity contribution is 7.95. The monoisotopic (exact) mass is 358 g/mol. The van der Waals surface area contributed by atoms with Gasteiger partial charge in [0.25, 0.3) is 11.8 Å². The molecule has 0 aromatic heterocycles. The third-order valence-corrected chi connectivity index (χ3v) is 7.08. The molecule has 1 aromatic carbocycles. The van der Waals surface area contributed by atoms with E-state index in [1.165, 1.54) is 80.6 Å². The second-order valence-electron chi connectivity index (χ2n) is 7.48. The van der Waals surface area contributed by atoms with Crippen LogP contribution in [-0.2, 0) is 0 Å². The Morgan fingerprint density at radius 2 is 1.20 bits per heavy atom. The molecule has 2 fully saturated rings. The number of hydrogen-bond acceptors (Lipinski definition) is 4. The molecule has 2 amide bonds. The SMILES string of the molecule is O=C1c2ccccc2C(=O)N1SN(C1CCCCC1)C1CCCCC1. The minimum Gasteiger partial charge on any atom is -0.268 e. The fraction of sp³-hybridized carbons (Fsp3) is 0.600. The van der Waals surface area contributed by atoms with Crippen molar-refractivity contribution in [1.29, 1.82) is 0 Å². The molecule has 0 atom stereocenters. The van der Waals surface area contributed by atoms with Crippen molar-refractivity contribution in [2.75, 3.05) is 0 Å². The topological polar surface area (TPSA) is 40.6 Å². The van der Waals surface area contributed by atoms with E-state index in [0.717, 1.165) is 0 Å². The van der Waals surface area contributed by atoms with Crippen LogP contribution in [-0.4, -0.2) is 32.5 Å². The zero-order valence-corrected chi connectivity index (χ0v) is 15.5. The minimum atomic E-state index is -0.151. The molecule has 2 aliphatic carbocycles. The molecule has 0 spiro atoms. The predicted octanol–water partition coefficient (Wildman–Crippen LogP) is 4.81. The number of hydrogen-bond donors (Lipinski definition) is 0. The number of amides is 2. The summed E-state index contributed by atoms with van der Waals surface area (Å²) >= 11 is 1.41. The number of carbonyl (C=O) groups excluding carboxylic acids is 2. The first-order valence-electron chi connectivity index (χ1n) is 9.70. The molecule has 1 aromatic rings. The minimum absolute atomic E-state index is 0.151. The van der Waals surface area contributed by atoms with E-state index in [9.17, 15) is 9.59 Å². The maximum atomic E-state index is 12.8. The number of carbonyl (C=O) groups is 2. The standard InChI is InChI=1S/C20H26N2O2S/c23-19-17-13-7-8-14-18(17)20(24)22(19)25-21(15-9-3-1-4-10-15)16-11-5-2-6-12-16/h7-8,13-16H,1-6,9-12H2. The van der Waals surface area contributed by atoms with Gasteiger partial charge in [-0.15, -0.1) is 0 Å². The molecule has 1 aliphatic heterocycles. The quantitative estimate of drug-likeness (QED) is 0.572. The van der Waals surface area contributed by atoms with E-state index in [2.05, 4.69) is 4.31 Å². The normalized spacial score (nSPS) is 22.7. The Bertz CT molecular complexity index is 598. The highest BCUT2D eigenvalue weighted by Crippen LogP contribution is 2.39. The second-order valence-corrected chi connectivity index (χ2v) is 8.43. The smallest absolute Gasteiger partial charge is 0.268 e. The Hall–Kier alpha value is -1.33. The van der Waals surface area contributed by atoms with Gasteiger partial charge < -0.3 is 0 Å². The molecule has 2 saturated carbocycles. The van der Waals surface area contributed by atoms with Gasteiger partial charge in [0.05, 0.1) is 23.3 Å². The zero-order chi connectivity index (χ0) is 17.2. The molecular formula is C20H26N2O2S. The van der Waals surface area contributed by atoms with Crippen molar-refractivity contribution in [3.63, 3.8) is 0 Å². The Morgan fingerprint density at radius 3 is 1.64 bits per heavy atom. The Morgan fingerprint density at radius 1 is 0.760 bits per heavy atom. The summed E-state index contributed by atoms with van der Waals surface area (Å²) in [6, 6.07) is 8.18. The first kappa shape index (κ1) is 17.1. The fourth-order valence-electron chi connectivity index (χ4n) is 4.44. The average molecular weight is 359 g/mol. The highest BCUT2D eigenvalue weighted by Gasteiger charge is 2.40. The molecular weight excluding hydrogens is 332 g/mol. The third kappa shape index (κ3) is 3.36. The lowest BCUT2D eigenvalue weighted by molar-refractivity contribution is 0.0764. The summed E-state index contributed by atoms with van der Waals surface area (Å²) in [7, 11) is 0. The number of benzene rings is 1. The molecule has 5 heteroatoms. The van der Waals surface area contributed by atoms with Gasteiger partial charge >= 0.3 is 0 Å². The van der Waals surface area contributed by atoms with Gasteiger partial charge in [-0.3, -0.25) is 9.59 Å². The van der Waals surface area contributed by atoms with E-state index in [4.69, 9.17) is 0 Å². The van der Waals surface area contributed by atoms with Crippen LogP contribution in [0.2, 0.25) is 0 Å². The van der Waals surface area contributed by atoms with Crippen LogP contribution in [0.3, 0.4) is 0 Å². The highest BCUT2D eigenvalue weighted by atomic mass is 32.2. The van der Waals surface area contributed by atoms with Crippen LogP contribution in [0, 0.1) is 0 Å². The van der Waals surface area contributed by atoms with Gasteiger partial charge in [-0.05, 0) is 37.8 Å². The maximum Gasteiger partial charge on any atom is 0.272 e. The van der Waals surface area contributed by atoms with Crippen LogP contribution >= 0.6 is 12.1 Å². The Kier molecular flexibility index (Phi) is 5.13. The van der Waals surface area contributed by atoms with Crippen molar-refractivity contribution in [3.05, 3.63) is 35.4 Å². The predicted molar refractivity (Wildman–Crippen MR) is 100 cm³/mol. The Balaban J connectivity index is 1.56. The summed E-state index contributed by atoms with van der Waals surface area (Å²) in [5, 5.41) is 0. The number of rotatable bonds is 4. The van der Waals surface area contributed by atoms with Crippen LogP contribution < -0.4 is 0 Å². The van der Waals surface area contributed by atoms with Gasteiger partial charge in [0.2, 0.25) is 0 Å². The van der Waals surface area contributed by atoms with Gasteiger partial charge in [-0.2, -0.15) is 4.31 Å². The van der Waals surface area contributed by atoms with E-state index in [0.29, 0.717) is 23.2 Å². The summed E-state index contributed by atoms with van der Waals surface area (Å²) in [4.78, 5) is 25.5. The van der Waals surface area contributed by atoms with E-state index >= 15 is 0 Å². The van der Waals surface area contributed by atoms with Gasteiger partial charge in [0.15, 0.2) is 0 Å². The van der Waals surface area contributed by atoms with E-state index in [1.54, 1.807) is 12.1 Å². The summed E-state index contributed by atoms with van der Waals surface area (Å²) in [5.41, 5.74) is 1.10. The summed E-state index contributed by atoms with van der Waals surface area (Å²) < 4.78 is 3.84. The van der Waals surface area contributed by atoms with Crippen molar-refractivity contribution in [1.82, 2.24) is 8.61 Å². The number of imide groups is 1. The van der Waals surface area contributed by atoms with Crippen LogP contribution in [0.25, 0.3) is 0 Å². The van der Waals surface area contributed by atoms with Crippen molar-refractivity contribution < 1.29 is 9.59 Å². The summed E-state index contributed by atoms with van der Waals surface area (Å²) in [5.74, 6) is -0.301. The molecule has 0 N–H and O–H groups in total. The molecule has 4 nitrogen and oxygen atoms in total. The fourth-order valence-corrected chi connectivity index (χ4v) is 5.66. The van der Waals surface area contributed by atoms with Gasteiger partial charge in [-0.1, -0.05) is 50.7 Å². The van der Waals surface area contributed by atoms with Crippen molar-refractivity contribution in [2.45, 2.75) is 76.3 Å². The van der Waals surface area contributed by atoms with E-state index in [-0.39, 0.29) is 11.8 Å². The Labute approximate surface area is 154 Å². The molecule has 134 valence electrons. The van der Waals surface area contributed by atoms with Crippen LogP contribution in [0.15, 0.2) is 24.3 Å². The van der Waals surface area contributed by atoms with Gasteiger partial charge in [-0.25, -0.2) is 4.31 Å². The van der Waals surface area contributed by atoms with Crippen molar-refractivity contribution >= 4 is 23.9 Å². The first-order chi connectivity index (χ1) is 12.3. The zero-order valence-electron chi connectivity index (χ0n) is 14.7. The third-order valence-electron chi connectivity index (χ3n) is 5.80. The second kappa shape index (κ2) is 7.50. The molecule has 0 radical (unpaired) electrons. The lowest BCUT2D eigenvalue weighted by atomic mass is 9.91. The molecule has 3 aliphatic rings. The van der Waals surface area contributed by atoms with Crippen LogP contribution in [0.1, 0.15) is 84.9 Å². The molecule has 0 saturated heterocycles. The molecule has 0 bridgehead atoms. The molecule has 25 heavy (non-hydrogen) atoms. The lowest BCUT2D eigenvalue weighted by Crippen LogP contribution is -2.43. The largest absolute Gasteiger partial charge is 0.272 e. The van der Waals surface area contributed by atoms with E-state index in [1.807, 2.05) is 12.1 Å². The average Bonchev–Trinajstić information content (AvgIpc) is 2.92. The van der Waals surface area contributed by atoms with Gasteiger partial charge in [0.1, 0.15) is 0 Å². The first-order valence-corrected chi connectivity index (χ1v) is 10.4. The van der Waals surface area contributed by atoms with E-state index < -0.39 is 0 Å². The van der Waals surface area contributed by atoms with Crippen LogP contribution in [0.5, 0.6) is 0 Å². The van der Waals surface area contributed by atoms with Crippen LogP contribution in [0.4, 0.5) is 0 Å². The molecule has 1 heterocycles. The van der Waals surface area contributed by atoms with Crippen molar-refractivity contribution in [3.8, 4) is 0 Å². The maximum absolute atomic E-state index is 12.8. The summed E-state index contributed by atoms with van der Waals surface area (Å²) in [6.45, 7) is 0.